The fourth-order valence-electron chi connectivity index (χ4n) is 5.99. The van der Waals surface area contributed by atoms with Gasteiger partial charge in [0.2, 0.25) is 5.91 Å². The van der Waals surface area contributed by atoms with Crippen LogP contribution in [0.3, 0.4) is 0 Å². The van der Waals surface area contributed by atoms with Crippen LogP contribution in [0.25, 0.3) is 28.0 Å². The van der Waals surface area contributed by atoms with Gasteiger partial charge < -0.3 is 20.9 Å². The van der Waals surface area contributed by atoms with Gasteiger partial charge in [-0.1, -0.05) is 55.2 Å². The van der Waals surface area contributed by atoms with Crippen LogP contribution in [-0.4, -0.2) is 52.6 Å². The number of aromatic nitrogens is 2. The van der Waals surface area contributed by atoms with Gasteiger partial charge in [0, 0.05) is 37.1 Å². The number of pyridine rings is 2. The van der Waals surface area contributed by atoms with E-state index in [1.807, 2.05) is 37.9 Å². The second-order valence-electron chi connectivity index (χ2n) is 11.3. The average molecular weight is 671 g/mol. The lowest BCUT2D eigenvalue weighted by molar-refractivity contribution is -0.126. The van der Waals surface area contributed by atoms with Crippen molar-refractivity contribution >= 4 is 68.8 Å². The molecule has 1 amide bonds. The highest BCUT2D eigenvalue weighted by Gasteiger charge is 2.32. The number of hydrogen-bond acceptors (Lipinski definition) is 7. The second kappa shape index (κ2) is 12.4. The molecule has 3 N–H and O–H groups in total. The summed E-state index contributed by atoms with van der Waals surface area (Å²) in [5.41, 5.74) is 8.20. The molecule has 2 aliphatic rings. The number of nitrogens with two attached hydrogens (primary N) is 1. The highest BCUT2D eigenvalue weighted by atomic mass is 35.5. The highest BCUT2D eigenvalue weighted by Crippen LogP contribution is 2.44. The summed E-state index contributed by atoms with van der Waals surface area (Å²) in [7, 11) is 0. The number of amides is 1. The van der Waals surface area contributed by atoms with Gasteiger partial charge in [-0.25, -0.2) is 9.37 Å². The number of piperazine rings is 1. The maximum atomic E-state index is 14.7. The largest absolute Gasteiger partial charge is 0.397 e. The van der Waals surface area contributed by atoms with E-state index in [9.17, 15) is 19.2 Å². The molecule has 2 aliphatic heterocycles. The lowest BCUT2D eigenvalue weighted by Crippen LogP contribution is -2.49. The predicted molar refractivity (Wildman–Crippen MR) is 179 cm³/mol. The lowest BCUT2D eigenvalue weighted by atomic mass is 9.94. The number of anilines is 2. The summed E-state index contributed by atoms with van der Waals surface area (Å²) in [6.45, 7) is 12.5. The summed E-state index contributed by atoms with van der Waals surface area (Å²) >= 11 is 19.4. The topological polar surface area (TPSA) is 120 Å². The number of nitrogens with one attached hydrogen (secondary N) is 1. The molecule has 0 bridgehead atoms. The van der Waals surface area contributed by atoms with Crippen LogP contribution < -0.4 is 21.5 Å². The number of nitrogens with zero attached hydrogens (tertiary/aromatic N) is 5. The third-order valence-corrected chi connectivity index (χ3v) is 9.43. The number of fused-ring (bicyclic) bond motifs is 1. The van der Waals surface area contributed by atoms with E-state index in [0.717, 1.165) is 5.57 Å². The van der Waals surface area contributed by atoms with Crippen LogP contribution in [-0.2, 0) is 4.79 Å². The van der Waals surface area contributed by atoms with Gasteiger partial charge in [-0.15, -0.1) is 0 Å². The monoisotopic (exact) mass is 669 g/mol. The minimum Gasteiger partial charge on any atom is -0.397 e. The van der Waals surface area contributed by atoms with Gasteiger partial charge in [0.15, 0.2) is 5.82 Å². The van der Waals surface area contributed by atoms with Gasteiger partial charge in [-0.05, 0) is 55.3 Å². The van der Waals surface area contributed by atoms with Crippen molar-refractivity contribution in [3.63, 3.8) is 0 Å². The highest BCUT2D eigenvalue weighted by molar-refractivity contribution is 6.39. The third kappa shape index (κ3) is 5.33. The smallest absolute Gasteiger partial charge is 0.276 e. The fraction of sp³-hybridized carbons (Fsp3) is 0.312. The Hall–Kier alpha value is -4.04. The van der Waals surface area contributed by atoms with E-state index in [1.54, 1.807) is 17.9 Å². The second-order valence-corrected chi connectivity index (χ2v) is 12.5. The van der Waals surface area contributed by atoms with E-state index in [1.165, 1.54) is 10.6 Å². The Labute approximate surface area is 275 Å². The van der Waals surface area contributed by atoms with Crippen LogP contribution in [0.5, 0.6) is 0 Å². The summed E-state index contributed by atoms with van der Waals surface area (Å²) < 4.78 is 16.2. The molecule has 3 aromatic rings. The SMILES string of the molecule is C=CC(=O)N1CCN(c2c(C#N)c(=O)n(C3=C(C)C=CN[C@@H]3C(C)C)c3nc(-c4c(C)c(Cl)c(F)c(Cl)c4N)c(Cl)cc23)CC1. The molecule has 5 rings (SSSR count). The number of carbonyl (C=O) groups is 1. The van der Waals surface area contributed by atoms with Crippen molar-refractivity contribution in [2.24, 2.45) is 5.92 Å². The van der Waals surface area contributed by atoms with Gasteiger partial charge in [0.05, 0.1) is 38.9 Å². The number of rotatable bonds is 5. The molecule has 45 heavy (non-hydrogen) atoms. The van der Waals surface area contributed by atoms with Gasteiger partial charge in [-0.3, -0.25) is 14.2 Å². The Morgan fingerprint density at radius 1 is 1.22 bits per heavy atom. The molecule has 1 fully saturated rings. The molecule has 1 aromatic carbocycles. The van der Waals surface area contributed by atoms with Crippen molar-refractivity contribution in [1.29, 1.82) is 5.26 Å². The van der Waals surface area contributed by atoms with Crippen LogP contribution in [0.2, 0.25) is 15.1 Å². The molecule has 1 saturated heterocycles. The van der Waals surface area contributed by atoms with E-state index in [0.29, 0.717) is 42.9 Å². The Morgan fingerprint density at radius 3 is 2.49 bits per heavy atom. The van der Waals surface area contributed by atoms with Crippen molar-refractivity contribution in [3.05, 3.63) is 78.9 Å². The molecular formula is C32H31Cl3FN7O2. The lowest BCUT2D eigenvalue weighted by Gasteiger charge is -2.37. The first-order valence-electron chi connectivity index (χ1n) is 14.3. The molecule has 9 nitrogen and oxygen atoms in total. The molecule has 0 unspecified atom stereocenters. The molecule has 0 spiro atoms. The molecule has 2 aromatic heterocycles. The van der Waals surface area contributed by atoms with E-state index in [2.05, 4.69) is 18.0 Å². The molecule has 0 aliphatic carbocycles. The Kier molecular flexibility index (Phi) is 8.91. The van der Waals surface area contributed by atoms with Gasteiger partial charge in [0.25, 0.3) is 5.56 Å². The van der Waals surface area contributed by atoms with Crippen LogP contribution >= 0.6 is 34.8 Å². The Morgan fingerprint density at radius 2 is 1.89 bits per heavy atom. The zero-order valence-corrected chi connectivity index (χ0v) is 27.4. The van der Waals surface area contributed by atoms with Gasteiger partial charge in [-0.2, -0.15) is 5.26 Å². The van der Waals surface area contributed by atoms with Crippen LogP contribution in [0, 0.1) is 30.0 Å². The Balaban J connectivity index is 1.90. The van der Waals surface area contributed by atoms with Gasteiger partial charge >= 0.3 is 0 Å². The molecular weight excluding hydrogens is 640 g/mol. The quantitative estimate of drug-likeness (QED) is 0.190. The summed E-state index contributed by atoms with van der Waals surface area (Å²) in [5, 5.41) is 13.7. The zero-order chi connectivity index (χ0) is 32.9. The zero-order valence-electron chi connectivity index (χ0n) is 25.1. The minimum absolute atomic E-state index is 0.0434. The number of carbonyl (C=O) groups excluding carboxylic acids is 1. The average Bonchev–Trinajstić information content (AvgIpc) is 3.02. The maximum Gasteiger partial charge on any atom is 0.276 e. The number of nitriles is 1. The molecule has 0 radical (unpaired) electrons. The van der Waals surface area contributed by atoms with Gasteiger partial charge in [0.1, 0.15) is 22.3 Å². The van der Waals surface area contributed by atoms with E-state index in [-0.39, 0.29) is 66.7 Å². The summed E-state index contributed by atoms with van der Waals surface area (Å²) in [6, 6.07) is 3.47. The first kappa shape index (κ1) is 32.4. The molecule has 0 saturated carbocycles. The first-order chi connectivity index (χ1) is 21.3. The first-order valence-corrected chi connectivity index (χ1v) is 15.4. The summed E-state index contributed by atoms with van der Waals surface area (Å²) in [4.78, 5) is 35.2. The van der Waals surface area contributed by atoms with Crippen molar-refractivity contribution in [1.82, 2.24) is 19.8 Å². The third-order valence-electron chi connectivity index (χ3n) is 8.32. The van der Waals surface area contributed by atoms with E-state index in [4.69, 9.17) is 45.5 Å². The molecule has 4 heterocycles. The number of hydrogen-bond donors (Lipinski definition) is 2. The number of benzene rings is 1. The Bertz CT molecular complexity index is 1910. The van der Waals surface area contributed by atoms with Crippen LogP contribution in [0.15, 0.2) is 41.4 Å². The number of dihydropyridines is 1. The fourth-order valence-corrected chi connectivity index (χ4v) is 6.66. The normalized spacial score (nSPS) is 16.8. The van der Waals surface area contributed by atoms with Crippen LogP contribution in [0.4, 0.5) is 15.8 Å². The van der Waals surface area contributed by atoms with Crippen molar-refractivity contribution in [2.45, 2.75) is 33.7 Å². The van der Waals surface area contributed by atoms with E-state index < -0.39 is 11.4 Å². The van der Waals surface area contributed by atoms with Crippen molar-refractivity contribution < 1.29 is 9.18 Å². The number of nitrogen functional groups attached to an aromatic ring is 1. The summed E-state index contributed by atoms with van der Waals surface area (Å²) in [6.07, 6.45) is 4.93. The van der Waals surface area contributed by atoms with Crippen molar-refractivity contribution in [3.8, 4) is 17.3 Å². The van der Waals surface area contributed by atoms with Crippen molar-refractivity contribution in [2.75, 3.05) is 36.8 Å². The van der Waals surface area contributed by atoms with E-state index >= 15 is 0 Å². The predicted octanol–water partition coefficient (Wildman–Crippen LogP) is 6.13. The summed E-state index contributed by atoms with van der Waals surface area (Å²) in [5.74, 6) is -1.02. The number of halogens is 4. The standard InChI is InChI=1S/C32H31Cl3FN7O2/c1-6-21(44)41-9-11-42(12-10-41)30-18-13-20(33)28(22-17(5)23(34)25(36)24(35)26(22)38)40-31(18)43(32(45)19(30)14-37)29-16(4)7-8-39-27(29)15(2)3/h6-8,13,15,27,39H,1,9-12,38H2,2-5H3/t27-/m1/s1. The molecule has 13 heteroatoms. The molecule has 1 atom stereocenters. The van der Waals surface area contributed by atoms with Crippen LogP contribution in [0.1, 0.15) is 31.9 Å². The maximum absolute atomic E-state index is 14.7. The molecule has 234 valence electrons. The number of allylic oxidation sites excluding steroid dienone is 2. The minimum atomic E-state index is -0.860.